The van der Waals surface area contributed by atoms with E-state index in [0.717, 1.165) is 0 Å². The van der Waals surface area contributed by atoms with Crippen LogP contribution in [0.3, 0.4) is 0 Å². The fraction of sp³-hybridized carbons (Fsp3) is 0. The summed E-state index contributed by atoms with van der Waals surface area (Å²) in [5, 5.41) is 0. The Bertz CT molecular complexity index is 11.5. The van der Waals surface area contributed by atoms with Gasteiger partial charge in [-0.25, -0.2) is 0 Å². The van der Waals surface area contributed by atoms with Crippen molar-refractivity contribution in [2.24, 2.45) is 0 Å². The van der Waals surface area contributed by atoms with Crippen molar-refractivity contribution < 1.29 is 74.7 Å². The molecule has 0 N–H and O–H groups in total. The third-order valence-corrected chi connectivity index (χ3v) is 0. The minimum absolute atomic E-state index is 0. The van der Waals surface area contributed by atoms with E-state index in [0.29, 0.717) is 0 Å². The molecule has 0 atom stereocenters. The van der Waals surface area contributed by atoms with Crippen LogP contribution in [0.4, 0.5) is 0 Å². The van der Waals surface area contributed by atoms with E-state index in [2.05, 4.69) is 0 Å². The van der Waals surface area contributed by atoms with Gasteiger partial charge < -0.3 is 2.85 Å². The smallest absolute Gasteiger partial charge is 1.00 e. The first-order valence-corrected chi connectivity index (χ1v) is 0. The van der Waals surface area contributed by atoms with Crippen molar-refractivity contribution >= 4 is 0 Å². The molecule has 0 bridgehead atoms. The van der Waals surface area contributed by atoms with Gasteiger partial charge in [-0.05, 0) is 0 Å². The van der Waals surface area contributed by atoms with Crippen molar-refractivity contribution in [1.29, 1.82) is 0 Å². The molecule has 0 aromatic rings. The largest absolute Gasteiger partial charge is 1.00 e. The summed E-state index contributed by atoms with van der Waals surface area (Å²) in [5.74, 6) is 0. The third kappa shape index (κ3) is 8.87. The number of hydrogen-bond acceptors (Lipinski definition) is 0. The van der Waals surface area contributed by atoms with Crippen LogP contribution in [0.1, 0.15) is 2.85 Å². The molecule has 0 amide bonds. The molecule has 0 aromatic carbocycles. The molecule has 0 aromatic heterocycles. The van der Waals surface area contributed by atoms with Crippen LogP contribution in [0, 0.1) is 0 Å². The Morgan fingerprint density at radius 2 is 1.00 bits per heavy atom. The Morgan fingerprint density at radius 1 is 1.00 bits per heavy atom. The van der Waals surface area contributed by atoms with E-state index in [9.17, 15) is 0 Å². The van der Waals surface area contributed by atoms with E-state index >= 15 is 0 Å². The number of hydrogen-bond donors (Lipinski definition) is 0. The van der Waals surface area contributed by atoms with Gasteiger partial charge in [-0.3, -0.25) is 0 Å². The maximum atomic E-state index is 0. The molecule has 0 saturated carbocycles. The summed E-state index contributed by atoms with van der Waals surface area (Å²) < 4.78 is 0. The van der Waals surface area contributed by atoms with Crippen LogP contribution in [0.2, 0.25) is 0 Å². The second-order valence-corrected chi connectivity index (χ2v) is 0. The zero-order chi connectivity index (χ0) is 0. The van der Waals surface area contributed by atoms with Crippen molar-refractivity contribution in [1.82, 2.24) is 0 Å². The predicted octanol–water partition coefficient (Wildman–Crippen LogP) is -5.77. The van der Waals surface area contributed by atoms with Gasteiger partial charge in [0.1, 0.15) is 0 Å². The second-order valence-electron chi connectivity index (χ2n) is 0. The fourth-order valence-electron chi connectivity index (χ4n) is 0. The van der Waals surface area contributed by atoms with Crippen LogP contribution in [0.5, 0.6) is 0 Å². The van der Waals surface area contributed by atoms with E-state index in [1.54, 1.807) is 0 Å². The van der Waals surface area contributed by atoms with Crippen LogP contribution in [0.15, 0.2) is 0 Å². The van der Waals surface area contributed by atoms with E-state index in [-0.39, 0.29) is 74.7 Å². The summed E-state index contributed by atoms with van der Waals surface area (Å²) >= 11 is 0. The van der Waals surface area contributed by atoms with Crippen molar-refractivity contribution in [3.63, 3.8) is 0 Å². The minimum Gasteiger partial charge on any atom is -1.00 e. The van der Waals surface area contributed by atoms with Gasteiger partial charge in [-0.2, -0.15) is 0 Å². The summed E-state index contributed by atoms with van der Waals surface area (Å²) in [6.07, 6.45) is 0. The van der Waals surface area contributed by atoms with Gasteiger partial charge in [0, 0.05) is 34.1 Å². The van der Waals surface area contributed by atoms with Gasteiger partial charge >= 0.3 is 37.7 Å². The summed E-state index contributed by atoms with van der Waals surface area (Å²) in [4.78, 5) is 0. The molecule has 0 nitrogen and oxygen atoms in total. The first-order valence-electron chi connectivity index (χ1n) is 0. The Hall–Kier alpha value is 2.23. The summed E-state index contributed by atoms with van der Waals surface area (Å²) in [6.45, 7) is 0. The molecule has 0 saturated heterocycles. The molecule has 0 heterocycles. The molecule has 4 heteroatoms. The predicted molar refractivity (Wildman–Crippen MR) is 2.22 cm³/mol. The molecule has 0 fully saturated rings. The Balaban J connectivity index is 0. The van der Waals surface area contributed by atoms with Gasteiger partial charge in [0.2, 0.25) is 0 Å². The quantitative estimate of drug-likeness (QED) is 0.284. The zero-order valence-corrected chi connectivity index (χ0v) is 5.02. The van der Waals surface area contributed by atoms with Crippen molar-refractivity contribution in [2.45, 2.75) is 0 Å². The van der Waals surface area contributed by atoms with Crippen LogP contribution in [0.25, 0.3) is 0 Å². The summed E-state index contributed by atoms with van der Waals surface area (Å²) in [6, 6.07) is 0. The molecule has 4 heavy (non-hydrogen) atoms. The van der Waals surface area contributed by atoms with Gasteiger partial charge in [0.25, 0.3) is 0 Å². The Morgan fingerprint density at radius 3 is 1.00 bits per heavy atom. The van der Waals surface area contributed by atoms with Gasteiger partial charge in [-0.15, -0.1) is 0 Å². The van der Waals surface area contributed by atoms with Crippen LogP contribution < -0.4 is 37.7 Å². The average molecular weight is 127 g/mol. The van der Waals surface area contributed by atoms with Crippen LogP contribution in [-0.4, -0.2) is 0 Å². The maximum Gasteiger partial charge on any atom is 1.00 e. The topological polar surface area (TPSA) is 0 Å². The first-order chi connectivity index (χ1) is 0. The SMILES string of the molecule is [Fe].[H-].[H-].[Li+].[Li+].[Mn]. The van der Waals surface area contributed by atoms with E-state index in [1.165, 1.54) is 0 Å². The fourth-order valence-corrected chi connectivity index (χ4v) is 0. The molecule has 0 aliphatic heterocycles. The van der Waals surface area contributed by atoms with Crippen LogP contribution >= 0.6 is 0 Å². The maximum absolute atomic E-state index is 0. The van der Waals surface area contributed by atoms with Crippen molar-refractivity contribution in [3.8, 4) is 0 Å². The molecule has 0 rings (SSSR count). The average Bonchev–Trinajstić information content (AvgIpc) is 0. The molecular formula is H2FeLi2Mn. The Kier molecular flexibility index (Phi) is 161. The normalized spacial score (nSPS) is 0. The molecule has 0 spiro atoms. The van der Waals surface area contributed by atoms with E-state index < -0.39 is 0 Å². The third-order valence-electron chi connectivity index (χ3n) is 0. The van der Waals surface area contributed by atoms with E-state index in [1.807, 2.05) is 0 Å². The van der Waals surface area contributed by atoms with E-state index in [4.69, 9.17) is 0 Å². The molecule has 0 aliphatic rings. The zero-order valence-electron chi connectivity index (χ0n) is 4.73. The van der Waals surface area contributed by atoms with Gasteiger partial charge in [0.15, 0.2) is 0 Å². The minimum atomic E-state index is 0. The van der Waals surface area contributed by atoms with Crippen LogP contribution in [-0.2, 0) is 34.1 Å². The van der Waals surface area contributed by atoms with Crippen molar-refractivity contribution in [2.75, 3.05) is 0 Å². The molecule has 19 valence electrons. The summed E-state index contributed by atoms with van der Waals surface area (Å²) in [7, 11) is 0. The van der Waals surface area contributed by atoms with Gasteiger partial charge in [0.05, 0.1) is 0 Å². The molecule has 1 radical (unpaired) electrons. The molecule has 0 aliphatic carbocycles. The monoisotopic (exact) mass is 127 g/mol. The van der Waals surface area contributed by atoms with Gasteiger partial charge in [-0.1, -0.05) is 0 Å². The molecular weight excluding hydrogens is 125 g/mol. The van der Waals surface area contributed by atoms with Crippen molar-refractivity contribution in [3.05, 3.63) is 0 Å². The second kappa shape index (κ2) is 18.8. The molecule has 0 unspecified atom stereocenters. The number of rotatable bonds is 0. The summed E-state index contributed by atoms with van der Waals surface area (Å²) in [5.41, 5.74) is 0. The first kappa shape index (κ1) is 34.2. The standard InChI is InChI=1S/Fe.2Li.Mn.2H/q;2*+1;;2*-1. The Labute approximate surface area is 74.1 Å².